The standard InChI is InChI=1S/C30H27ClFN5O3/c1-3-27(39)35-11-12-36(17(2)16-35)29-20-13-22(31)19(28-23(32)5-4-6-26(28)38)14-25(20)37(30(40)34-29)24-9-10-33-15-21(24)18-7-8-18/h3-6,9-10,13-15,17-18,38H,1,7-8,11-12,16H2,2H3. The number of hydrogen-bond donors (Lipinski definition) is 1. The molecule has 1 aliphatic heterocycles. The fourth-order valence-electron chi connectivity index (χ4n) is 5.57. The summed E-state index contributed by atoms with van der Waals surface area (Å²) in [6, 6.07) is 9.00. The molecule has 1 saturated carbocycles. The number of carbonyl (C=O) groups excluding carboxylic acids is 1. The minimum absolute atomic E-state index is 0.0474. The van der Waals surface area contributed by atoms with Crippen molar-refractivity contribution in [2.45, 2.75) is 31.7 Å². The lowest BCUT2D eigenvalue weighted by molar-refractivity contribution is -0.126. The number of aromatic hydroxyl groups is 1. The van der Waals surface area contributed by atoms with Crippen LogP contribution in [-0.2, 0) is 4.79 Å². The van der Waals surface area contributed by atoms with E-state index in [1.54, 1.807) is 35.5 Å². The van der Waals surface area contributed by atoms with Gasteiger partial charge in [0.1, 0.15) is 17.4 Å². The lowest BCUT2D eigenvalue weighted by Crippen LogP contribution is -2.54. The molecular weight excluding hydrogens is 533 g/mol. The Morgan fingerprint density at radius 2 is 2.02 bits per heavy atom. The molecule has 0 bridgehead atoms. The maximum Gasteiger partial charge on any atom is 0.354 e. The van der Waals surface area contributed by atoms with E-state index in [0.717, 1.165) is 18.4 Å². The maximum absolute atomic E-state index is 15.0. The third kappa shape index (κ3) is 4.40. The van der Waals surface area contributed by atoms with E-state index >= 15 is 0 Å². The number of halogens is 2. The molecule has 1 aliphatic carbocycles. The molecule has 40 heavy (non-hydrogen) atoms. The highest BCUT2D eigenvalue weighted by molar-refractivity contribution is 6.34. The van der Waals surface area contributed by atoms with E-state index in [2.05, 4.69) is 16.5 Å². The van der Waals surface area contributed by atoms with Crippen LogP contribution >= 0.6 is 11.6 Å². The Morgan fingerprint density at radius 1 is 1.23 bits per heavy atom. The predicted molar refractivity (Wildman–Crippen MR) is 153 cm³/mol. The molecule has 1 atom stereocenters. The molecule has 2 aromatic heterocycles. The van der Waals surface area contributed by atoms with Crippen molar-refractivity contribution < 1.29 is 14.3 Å². The number of anilines is 1. The average Bonchev–Trinajstić information content (AvgIpc) is 3.78. The zero-order valence-electron chi connectivity index (χ0n) is 21.8. The first kappa shape index (κ1) is 26.0. The molecule has 8 nitrogen and oxygen atoms in total. The molecule has 6 rings (SSSR count). The fourth-order valence-corrected chi connectivity index (χ4v) is 5.82. The van der Waals surface area contributed by atoms with Crippen LogP contribution in [0.2, 0.25) is 5.02 Å². The van der Waals surface area contributed by atoms with Gasteiger partial charge in [-0.15, -0.1) is 0 Å². The maximum atomic E-state index is 15.0. The summed E-state index contributed by atoms with van der Waals surface area (Å²) in [4.78, 5) is 38.6. The highest BCUT2D eigenvalue weighted by atomic mass is 35.5. The molecule has 1 N–H and O–H groups in total. The summed E-state index contributed by atoms with van der Waals surface area (Å²) in [5, 5.41) is 11.4. The molecule has 0 radical (unpaired) electrons. The van der Waals surface area contributed by atoms with Crippen LogP contribution in [0.5, 0.6) is 5.75 Å². The molecule has 1 unspecified atom stereocenters. The number of rotatable bonds is 5. The number of phenolic OH excluding ortho intramolecular Hbond substituents is 1. The van der Waals surface area contributed by atoms with Gasteiger partial charge in [0.05, 0.1) is 16.8 Å². The van der Waals surface area contributed by atoms with Crippen LogP contribution in [0, 0.1) is 5.82 Å². The second-order valence-corrected chi connectivity index (χ2v) is 10.7. The number of amides is 1. The second-order valence-electron chi connectivity index (χ2n) is 10.3. The van der Waals surface area contributed by atoms with E-state index in [1.165, 1.54) is 28.8 Å². The van der Waals surface area contributed by atoms with Gasteiger partial charge in [-0.2, -0.15) is 4.98 Å². The number of piperazine rings is 1. The first-order chi connectivity index (χ1) is 19.3. The molecule has 3 heterocycles. The Bertz CT molecular complexity index is 1710. The Hall–Kier alpha value is -4.24. The lowest BCUT2D eigenvalue weighted by Gasteiger charge is -2.40. The lowest BCUT2D eigenvalue weighted by atomic mass is 10.0. The van der Waals surface area contributed by atoms with Crippen molar-refractivity contribution in [1.82, 2.24) is 19.4 Å². The normalized spacial score (nSPS) is 17.3. The summed E-state index contributed by atoms with van der Waals surface area (Å²) >= 11 is 6.76. The van der Waals surface area contributed by atoms with Crippen molar-refractivity contribution >= 4 is 34.2 Å². The number of nitrogens with zero attached hydrogens (tertiary/aromatic N) is 5. The number of carbonyl (C=O) groups is 1. The van der Waals surface area contributed by atoms with Crippen LogP contribution < -0.4 is 10.6 Å². The first-order valence-corrected chi connectivity index (χ1v) is 13.5. The fraction of sp³-hybridized carbons (Fsp3) is 0.267. The number of hydrogen-bond acceptors (Lipinski definition) is 6. The van der Waals surface area contributed by atoms with Crippen LogP contribution in [0.25, 0.3) is 27.7 Å². The minimum atomic E-state index is -0.636. The van der Waals surface area contributed by atoms with E-state index < -0.39 is 11.5 Å². The van der Waals surface area contributed by atoms with Gasteiger partial charge in [0.2, 0.25) is 5.91 Å². The van der Waals surface area contributed by atoms with Gasteiger partial charge >= 0.3 is 5.69 Å². The van der Waals surface area contributed by atoms with Gasteiger partial charge in [0.25, 0.3) is 0 Å². The van der Waals surface area contributed by atoms with Gasteiger partial charge in [0.15, 0.2) is 0 Å². The highest BCUT2D eigenvalue weighted by Gasteiger charge is 2.31. The number of aromatic nitrogens is 3. The molecule has 2 aliphatic rings. The Labute approximate surface area is 235 Å². The van der Waals surface area contributed by atoms with E-state index in [0.29, 0.717) is 48.0 Å². The largest absolute Gasteiger partial charge is 0.507 e. The van der Waals surface area contributed by atoms with Gasteiger partial charge in [-0.3, -0.25) is 14.3 Å². The van der Waals surface area contributed by atoms with Gasteiger partial charge < -0.3 is 14.9 Å². The van der Waals surface area contributed by atoms with Crippen LogP contribution in [0.3, 0.4) is 0 Å². The Balaban J connectivity index is 1.61. The van der Waals surface area contributed by atoms with Crippen LogP contribution in [0.4, 0.5) is 10.2 Å². The van der Waals surface area contributed by atoms with Gasteiger partial charge in [-0.25, -0.2) is 9.18 Å². The summed E-state index contributed by atoms with van der Waals surface area (Å²) in [5.74, 6) is -0.319. The summed E-state index contributed by atoms with van der Waals surface area (Å²) in [5.41, 5.74) is 1.78. The topological polar surface area (TPSA) is 91.6 Å². The summed E-state index contributed by atoms with van der Waals surface area (Å²) in [6.07, 6.45) is 6.70. The summed E-state index contributed by atoms with van der Waals surface area (Å²) < 4.78 is 16.5. The molecule has 2 aromatic carbocycles. The molecule has 2 fully saturated rings. The van der Waals surface area contributed by atoms with E-state index in [-0.39, 0.29) is 33.8 Å². The van der Waals surface area contributed by atoms with Crippen molar-refractivity contribution in [3.8, 4) is 22.6 Å². The quantitative estimate of drug-likeness (QED) is 0.344. The first-order valence-electron chi connectivity index (χ1n) is 13.1. The van der Waals surface area contributed by atoms with Crippen molar-refractivity contribution in [3.63, 3.8) is 0 Å². The van der Waals surface area contributed by atoms with Crippen molar-refractivity contribution in [1.29, 1.82) is 0 Å². The predicted octanol–water partition coefficient (Wildman–Crippen LogP) is 5.05. The SMILES string of the molecule is C=CC(=O)N1CCN(c2nc(=O)n(-c3ccncc3C3CC3)c3cc(-c4c(O)cccc4F)c(Cl)cc23)C(C)C1. The molecule has 204 valence electrons. The van der Waals surface area contributed by atoms with Crippen molar-refractivity contribution in [2.24, 2.45) is 0 Å². The smallest absolute Gasteiger partial charge is 0.354 e. The summed E-state index contributed by atoms with van der Waals surface area (Å²) in [6.45, 7) is 6.86. The van der Waals surface area contributed by atoms with Crippen molar-refractivity contribution in [3.05, 3.63) is 88.3 Å². The molecule has 1 amide bonds. The minimum Gasteiger partial charge on any atom is -0.507 e. The molecular formula is C30H27ClFN5O3. The molecule has 1 saturated heterocycles. The Morgan fingerprint density at radius 3 is 2.73 bits per heavy atom. The Kier molecular flexibility index (Phi) is 6.54. The molecule has 10 heteroatoms. The average molecular weight is 560 g/mol. The second kappa shape index (κ2) is 10.1. The van der Waals surface area contributed by atoms with Crippen molar-refractivity contribution in [2.75, 3.05) is 24.5 Å². The zero-order valence-corrected chi connectivity index (χ0v) is 22.6. The summed E-state index contributed by atoms with van der Waals surface area (Å²) in [7, 11) is 0. The zero-order chi connectivity index (χ0) is 28.1. The molecule has 0 spiro atoms. The third-order valence-electron chi connectivity index (χ3n) is 7.69. The monoisotopic (exact) mass is 559 g/mol. The van der Waals surface area contributed by atoms with Gasteiger partial charge in [0, 0.05) is 54.0 Å². The third-order valence-corrected chi connectivity index (χ3v) is 8.01. The number of pyridine rings is 1. The van der Waals surface area contributed by atoms with Gasteiger partial charge in [-0.1, -0.05) is 24.2 Å². The highest BCUT2D eigenvalue weighted by Crippen LogP contribution is 2.44. The van der Waals surface area contributed by atoms with Crippen LogP contribution in [0.1, 0.15) is 31.2 Å². The van der Waals surface area contributed by atoms with E-state index in [9.17, 15) is 19.1 Å². The number of fused-ring (bicyclic) bond motifs is 1. The number of benzene rings is 2. The molecule has 4 aromatic rings. The van der Waals surface area contributed by atoms with Crippen LogP contribution in [-0.4, -0.2) is 56.1 Å². The van der Waals surface area contributed by atoms with E-state index in [1.807, 2.05) is 11.8 Å². The van der Waals surface area contributed by atoms with Gasteiger partial charge in [-0.05, 0) is 67.7 Å². The van der Waals surface area contributed by atoms with Crippen LogP contribution in [0.15, 0.2) is 66.2 Å². The van der Waals surface area contributed by atoms with E-state index in [4.69, 9.17) is 11.6 Å². The number of phenols is 1.